The van der Waals surface area contributed by atoms with Crippen molar-refractivity contribution in [2.45, 2.75) is 25.3 Å². The summed E-state index contributed by atoms with van der Waals surface area (Å²) < 4.78 is 26.4. The highest BCUT2D eigenvalue weighted by Crippen LogP contribution is 2.30. The van der Waals surface area contributed by atoms with Gasteiger partial charge in [-0.2, -0.15) is 4.98 Å². The predicted molar refractivity (Wildman–Crippen MR) is 74.1 cm³/mol. The van der Waals surface area contributed by atoms with Gasteiger partial charge in [0.1, 0.15) is 11.6 Å². The first-order valence-electron chi connectivity index (χ1n) is 6.26. The molecule has 0 radical (unpaired) electrons. The highest BCUT2D eigenvalue weighted by atomic mass is 79.9. The van der Waals surface area contributed by atoms with Crippen LogP contribution in [0, 0.1) is 0 Å². The summed E-state index contributed by atoms with van der Waals surface area (Å²) in [5.41, 5.74) is 0. The van der Waals surface area contributed by atoms with Crippen LogP contribution in [0.3, 0.4) is 0 Å². The zero-order valence-electron chi connectivity index (χ0n) is 10.5. The summed E-state index contributed by atoms with van der Waals surface area (Å²) >= 11 is 9.01. The molecule has 1 fully saturated rings. The van der Waals surface area contributed by atoms with E-state index in [0.29, 0.717) is 36.1 Å². The molecule has 108 valence electrons. The van der Waals surface area contributed by atoms with Crippen LogP contribution in [0.25, 0.3) is 0 Å². The predicted octanol–water partition coefficient (Wildman–Crippen LogP) is 3.48. The van der Waals surface area contributed by atoms with E-state index in [9.17, 15) is 4.39 Å². The second kappa shape index (κ2) is 5.83. The van der Waals surface area contributed by atoms with Crippen LogP contribution in [-0.4, -0.2) is 28.0 Å². The van der Waals surface area contributed by atoms with Crippen molar-refractivity contribution in [2.24, 2.45) is 0 Å². The lowest BCUT2D eigenvalue weighted by atomic mass is 10.1. The molecule has 1 aliphatic heterocycles. The summed E-state index contributed by atoms with van der Waals surface area (Å²) in [6.07, 6.45) is 3.04. The van der Waals surface area contributed by atoms with E-state index in [1.807, 2.05) is 0 Å². The molecular formula is C12H12BrClFN3O2. The maximum atomic E-state index is 13.2. The minimum Gasteiger partial charge on any atom is -0.429 e. The van der Waals surface area contributed by atoms with Crippen LogP contribution in [0.5, 0.6) is 6.01 Å². The van der Waals surface area contributed by atoms with Gasteiger partial charge in [0.2, 0.25) is 4.73 Å². The zero-order valence-corrected chi connectivity index (χ0v) is 12.8. The molecule has 0 N–H and O–H groups in total. The van der Waals surface area contributed by atoms with Crippen LogP contribution in [-0.2, 0) is 4.74 Å². The highest BCUT2D eigenvalue weighted by Gasteiger charge is 2.25. The Hall–Kier alpha value is -0.920. The molecule has 1 unspecified atom stereocenters. The fraction of sp³-hybridized carbons (Fsp3) is 0.500. The first kappa shape index (κ1) is 14.0. The van der Waals surface area contributed by atoms with E-state index in [1.54, 1.807) is 4.68 Å². The normalized spacial score (nSPS) is 23.1. The van der Waals surface area contributed by atoms with Crippen LogP contribution in [0.2, 0.25) is 0 Å². The van der Waals surface area contributed by atoms with Gasteiger partial charge >= 0.3 is 6.01 Å². The van der Waals surface area contributed by atoms with Gasteiger partial charge in [0.05, 0.1) is 17.7 Å². The fourth-order valence-corrected chi connectivity index (χ4v) is 2.69. The summed E-state index contributed by atoms with van der Waals surface area (Å²) in [5, 5.41) is 4.35. The van der Waals surface area contributed by atoms with Gasteiger partial charge in [-0.25, -0.2) is 9.07 Å². The molecule has 1 aromatic heterocycles. The summed E-state index contributed by atoms with van der Waals surface area (Å²) in [6.45, 7) is 1.28. The fourth-order valence-electron chi connectivity index (χ4n) is 2.15. The van der Waals surface area contributed by atoms with Crippen molar-refractivity contribution in [3.8, 4) is 6.01 Å². The summed E-state index contributed by atoms with van der Waals surface area (Å²) in [5.74, 6) is 0.266. The number of ether oxygens (including phenoxy) is 2. The average Bonchev–Trinajstić information content (AvgIpc) is 3.03. The average molecular weight is 365 g/mol. The van der Waals surface area contributed by atoms with Gasteiger partial charge in [0.25, 0.3) is 0 Å². The number of nitrogens with zero attached hydrogens (tertiary/aromatic N) is 3. The van der Waals surface area contributed by atoms with E-state index in [0.717, 1.165) is 6.42 Å². The maximum absolute atomic E-state index is 13.2. The molecule has 2 aliphatic rings. The van der Waals surface area contributed by atoms with Crippen molar-refractivity contribution in [3.63, 3.8) is 0 Å². The van der Waals surface area contributed by atoms with E-state index in [4.69, 9.17) is 21.1 Å². The van der Waals surface area contributed by atoms with E-state index in [1.165, 1.54) is 6.08 Å². The van der Waals surface area contributed by atoms with Gasteiger partial charge in [-0.15, -0.1) is 5.10 Å². The second-order valence-corrected chi connectivity index (χ2v) is 5.71. The molecule has 0 aromatic carbocycles. The Bertz CT molecular complexity index is 581. The lowest BCUT2D eigenvalue weighted by molar-refractivity contribution is 0.181. The molecule has 0 saturated carbocycles. The Morgan fingerprint density at radius 1 is 1.50 bits per heavy atom. The van der Waals surface area contributed by atoms with E-state index >= 15 is 0 Å². The Morgan fingerprint density at radius 2 is 2.35 bits per heavy atom. The van der Waals surface area contributed by atoms with Crippen molar-refractivity contribution < 1.29 is 13.9 Å². The van der Waals surface area contributed by atoms with Gasteiger partial charge in [-0.1, -0.05) is 11.6 Å². The van der Waals surface area contributed by atoms with Crippen molar-refractivity contribution >= 4 is 27.5 Å². The third-order valence-electron chi connectivity index (χ3n) is 3.19. The van der Waals surface area contributed by atoms with Gasteiger partial charge in [-0.05, 0) is 28.4 Å². The number of rotatable bonds is 3. The quantitative estimate of drug-likeness (QED) is 0.824. The van der Waals surface area contributed by atoms with Gasteiger partial charge in [0, 0.05) is 19.4 Å². The Morgan fingerprint density at radius 3 is 3.05 bits per heavy atom. The molecule has 1 aromatic rings. The highest BCUT2D eigenvalue weighted by molar-refractivity contribution is 9.10. The molecule has 1 saturated heterocycles. The van der Waals surface area contributed by atoms with Crippen molar-refractivity contribution in [2.75, 3.05) is 13.2 Å². The molecule has 5 nitrogen and oxygen atoms in total. The Balaban J connectivity index is 1.82. The van der Waals surface area contributed by atoms with E-state index in [2.05, 4.69) is 26.0 Å². The van der Waals surface area contributed by atoms with Gasteiger partial charge in [-0.3, -0.25) is 0 Å². The van der Waals surface area contributed by atoms with E-state index in [-0.39, 0.29) is 23.3 Å². The molecule has 2 heterocycles. The van der Waals surface area contributed by atoms with Gasteiger partial charge < -0.3 is 9.47 Å². The number of hydrogen-bond donors (Lipinski definition) is 0. The molecule has 1 atom stereocenters. The molecule has 0 bridgehead atoms. The largest absolute Gasteiger partial charge is 0.429 e. The van der Waals surface area contributed by atoms with Crippen LogP contribution >= 0.6 is 27.5 Å². The van der Waals surface area contributed by atoms with Crippen molar-refractivity contribution in [1.82, 2.24) is 14.8 Å². The SMILES string of the molecule is FC1=C(Cl)C=C(Oc2nc(Br)nn2C2CCOC2)CC1. The molecule has 0 spiro atoms. The Kier molecular flexibility index (Phi) is 4.09. The maximum Gasteiger partial charge on any atom is 0.321 e. The molecule has 0 amide bonds. The number of aromatic nitrogens is 3. The molecule has 3 rings (SSSR count). The van der Waals surface area contributed by atoms with Crippen molar-refractivity contribution in [3.05, 3.63) is 27.4 Å². The van der Waals surface area contributed by atoms with E-state index < -0.39 is 0 Å². The minimum atomic E-state index is -0.314. The first-order chi connectivity index (χ1) is 9.63. The monoisotopic (exact) mass is 363 g/mol. The van der Waals surface area contributed by atoms with Crippen LogP contribution in [0.4, 0.5) is 4.39 Å². The Labute approximate surface area is 128 Å². The van der Waals surface area contributed by atoms with Crippen LogP contribution in [0.1, 0.15) is 25.3 Å². The molecule has 1 aliphatic carbocycles. The summed E-state index contributed by atoms with van der Waals surface area (Å²) in [6, 6.07) is 0.473. The van der Waals surface area contributed by atoms with Gasteiger partial charge in [0.15, 0.2) is 0 Å². The zero-order chi connectivity index (χ0) is 14.1. The van der Waals surface area contributed by atoms with Crippen molar-refractivity contribution in [1.29, 1.82) is 0 Å². The lowest BCUT2D eigenvalue weighted by Crippen LogP contribution is -2.13. The standard InChI is InChI=1S/C12H12BrClFN3O2/c13-11-16-12(18(17-11)7-3-4-19-6-7)20-8-1-2-10(15)9(14)5-8/h5,7H,1-4,6H2. The minimum absolute atomic E-state index is 0.0839. The first-order valence-corrected chi connectivity index (χ1v) is 7.43. The third kappa shape index (κ3) is 2.89. The number of allylic oxidation sites excluding steroid dienone is 4. The lowest BCUT2D eigenvalue weighted by Gasteiger charge is -2.15. The van der Waals surface area contributed by atoms with Crippen LogP contribution < -0.4 is 4.74 Å². The summed E-state index contributed by atoms with van der Waals surface area (Å²) in [7, 11) is 0. The molecule has 20 heavy (non-hydrogen) atoms. The smallest absolute Gasteiger partial charge is 0.321 e. The number of hydrogen-bond acceptors (Lipinski definition) is 4. The van der Waals surface area contributed by atoms with Crippen LogP contribution in [0.15, 0.2) is 27.4 Å². The number of halogens is 3. The molecule has 8 heteroatoms. The molecular weight excluding hydrogens is 353 g/mol. The third-order valence-corrected chi connectivity index (χ3v) is 3.84. The topological polar surface area (TPSA) is 49.2 Å². The summed E-state index contributed by atoms with van der Waals surface area (Å²) in [4.78, 5) is 4.19. The second-order valence-electron chi connectivity index (χ2n) is 4.59.